The maximum Gasteiger partial charge on any atom is 0.270 e. The Morgan fingerprint density at radius 2 is 1.95 bits per heavy atom. The maximum absolute atomic E-state index is 10.6. The molecule has 0 saturated carbocycles. The summed E-state index contributed by atoms with van der Waals surface area (Å²) in [7, 11) is 0. The molecule has 0 aromatic heterocycles. The van der Waals surface area contributed by atoms with Crippen LogP contribution in [0.25, 0.3) is 0 Å². The molecule has 0 radical (unpaired) electrons. The molecular weight excluding hydrogens is 411 g/mol. The van der Waals surface area contributed by atoms with Crippen molar-refractivity contribution >= 4 is 54.8 Å². The number of non-ortho nitro benzene ring substituents is 1. The van der Waals surface area contributed by atoms with Gasteiger partial charge in [-0.3, -0.25) is 10.1 Å². The molecule has 2 aromatic carbocycles. The molecule has 0 heterocycles. The molecule has 0 bridgehead atoms. The molecule has 2 aromatic rings. The lowest BCUT2D eigenvalue weighted by Crippen LogP contribution is -2.01. The standard InChI is InChI=1S/C13H9Br2ClN2O2/c14-9-2-4-11(15)13(5-9)17-7-8-1-3-10(18(19)20)6-12(8)16/h1-6,17H,7H2. The summed E-state index contributed by atoms with van der Waals surface area (Å²) < 4.78 is 1.89. The summed E-state index contributed by atoms with van der Waals surface area (Å²) in [5.41, 5.74) is 1.69. The number of nitro benzene ring substituents is 1. The zero-order valence-electron chi connectivity index (χ0n) is 10.1. The number of halogens is 3. The normalized spacial score (nSPS) is 10.3. The molecule has 0 spiro atoms. The lowest BCUT2D eigenvalue weighted by molar-refractivity contribution is -0.384. The van der Waals surface area contributed by atoms with Crippen LogP contribution in [0.5, 0.6) is 0 Å². The predicted octanol–water partition coefficient (Wildman–Crippen LogP) is 5.39. The number of nitrogens with one attached hydrogen (secondary N) is 1. The van der Waals surface area contributed by atoms with E-state index in [4.69, 9.17) is 11.6 Å². The summed E-state index contributed by atoms with van der Waals surface area (Å²) in [5, 5.41) is 14.2. The fraction of sp³-hybridized carbons (Fsp3) is 0.0769. The van der Waals surface area contributed by atoms with Crippen LogP contribution in [-0.4, -0.2) is 4.92 Å². The first-order valence-electron chi connectivity index (χ1n) is 5.59. The third-order valence-electron chi connectivity index (χ3n) is 2.65. The minimum absolute atomic E-state index is 0.0117. The smallest absolute Gasteiger partial charge is 0.270 e. The lowest BCUT2D eigenvalue weighted by Gasteiger charge is -2.10. The zero-order chi connectivity index (χ0) is 14.7. The molecule has 0 aliphatic heterocycles. The van der Waals surface area contributed by atoms with E-state index in [1.54, 1.807) is 6.07 Å². The molecule has 0 atom stereocenters. The maximum atomic E-state index is 10.6. The van der Waals surface area contributed by atoms with Gasteiger partial charge in [-0.05, 0) is 45.8 Å². The SMILES string of the molecule is O=[N+]([O-])c1ccc(CNc2cc(Br)ccc2Br)c(Cl)c1. The highest BCUT2D eigenvalue weighted by atomic mass is 79.9. The molecule has 20 heavy (non-hydrogen) atoms. The Morgan fingerprint density at radius 1 is 1.20 bits per heavy atom. The van der Waals surface area contributed by atoms with Crippen LogP contribution in [0.1, 0.15) is 5.56 Å². The highest BCUT2D eigenvalue weighted by Crippen LogP contribution is 2.28. The van der Waals surface area contributed by atoms with Crippen molar-refractivity contribution in [3.8, 4) is 0 Å². The predicted molar refractivity (Wildman–Crippen MR) is 87.3 cm³/mol. The van der Waals surface area contributed by atoms with Gasteiger partial charge < -0.3 is 5.32 Å². The van der Waals surface area contributed by atoms with Crippen LogP contribution in [0.2, 0.25) is 5.02 Å². The molecule has 0 unspecified atom stereocenters. The number of nitrogens with zero attached hydrogens (tertiary/aromatic N) is 1. The third-order valence-corrected chi connectivity index (χ3v) is 4.18. The average molecular weight is 420 g/mol. The van der Waals surface area contributed by atoms with Gasteiger partial charge in [0.25, 0.3) is 5.69 Å². The minimum atomic E-state index is -0.464. The number of hydrogen-bond donors (Lipinski definition) is 1. The Hall–Kier alpha value is -1.11. The second kappa shape index (κ2) is 6.56. The third kappa shape index (κ3) is 3.71. The molecule has 0 aliphatic rings. The molecule has 0 aliphatic carbocycles. The topological polar surface area (TPSA) is 55.2 Å². The van der Waals surface area contributed by atoms with E-state index in [0.29, 0.717) is 11.6 Å². The quantitative estimate of drug-likeness (QED) is 0.533. The average Bonchev–Trinajstić information content (AvgIpc) is 2.40. The monoisotopic (exact) mass is 418 g/mol. The van der Waals surface area contributed by atoms with E-state index in [1.807, 2.05) is 18.2 Å². The van der Waals surface area contributed by atoms with Gasteiger partial charge in [0, 0.05) is 33.3 Å². The molecule has 7 heteroatoms. The molecule has 0 amide bonds. The minimum Gasteiger partial charge on any atom is -0.380 e. The van der Waals surface area contributed by atoms with Gasteiger partial charge in [0.05, 0.1) is 9.95 Å². The van der Waals surface area contributed by atoms with Crippen molar-refractivity contribution in [2.45, 2.75) is 6.54 Å². The first kappa shape index (κ1) is 15.3. The number of benzene rings is 2. The van der Waals surface area contributed by atoms with E-state index in [1.165, 1.54) is 12.1 Å². The van der Waals surface area contributed by atoms with Crippen LogP contribution in [0.3, 0.4) is 0 Å². The lowest BCUT2D eigenvalue weighted by atomic mass is 10.2. The van der Waals surface area contributed by atoms with Gasteiger partial charge in [-0.15, -0.1) is 0 Å². The van der Waals surface area contributed by atoms with Gasteiger partial charge in [-0.1, -0.05) is 27.5 Å². The van der Waals surface area contributed by atoms with E-state index in [2.05, 4.69) is 37.2 Å². The largest absolute Gasteiger partial charge is 0.380 e. The van der Waals surface area contributed by atoms with Crippen molar-refractivity contribution in [2.24, 2.45) is 0 Å². The Balaban J connectivity index is 2.15. The van der Waals surface area contributed by atoms with Crippen LogP contribution in [0.15, 0.2) is 45.3 Å². The van der Waals surface area contributed by atoms with Crippen molar-refractivity contribution in [3.05, 3.63) is 66.0 Å². The summed E-state index contributed by atoms with van der Waals surface area (Å²) in [6.07, 6.45) is 0. The zero-order valence-corrected chi connectivity index (χ0v) is 14.0. The second-order valence-corrected chi connectivity index (χ2v) is 6.19. The summed E-state index contributed by atoms with van der Waals surface area (Å²) in [6, 6.07) is 10.2. The Bertz CT molecular complexity index is 665. The van der Waals surface area contributed by atoms with Gasteiger partial charge in [0.2, 0.25) is 0 Å². The van der Waals surface area contributed by atoms with E-state index in [9.17, 15) is 10.1 Å². The molecule has 2 rings (SSSR count). The van der Waals surface area contributed by atoms with E-state index in [0.717, 1.165) is 20.2 Å². The van der Waals surface area contributed by atoms with E-state index >= 15 is 0 Å². The number of hydrogen-bond acceptors (Lipinski definition) is 3. The summed E-state index contributed by atoms with van der Waals surface area (Å²) in [5.74, 6) is 0. The van der Waals surface area contributed by atoms with Crippen molar-refractivity contribution < 1.29 is 4.92 Å². The summed E-state index contributed by atoms with van der Waals surface area (Å²) >= 11 is 12.9. The van der Waals surface area contributed by atoms with Crippen LogP contribution in [0.4, 0.5) is 11.4 Å². The van der Waals surface area contributed by atoms with Crippen LogP contribution < -0.4 is 5.32 Å². The van der Waals surface area contributed by atoms with Crippen LogP contribution in [0, 0.1) is 10.1 Å². The molecule has 4 nitrogen and oxygen atoms in total. The summed E-state index contributed by atoms with van der Waals surface area (Å²) in [6.45, 7) is 0.478. The van der Waals surface area contributed by atoms with Crippen molar-refractivity contribution in [1.82, 2.24) is 0 Å². The van der Waals surface area contributed by atoms with Gasteiger partial charge in [0.15, 0.2) is 0 Å². The van der Waals surface area contributed by atoms with Crippen molar-refractivity contribution in [3.63, 3.8) is 0 Å². The molecule has 0 saturated heterocycles. The first-order valence-corrected chi connectivity index (χ1v) is 7.55. The highest BCUT2D eigenvalue weighted by molar-refractivity contribution is 9.11. The van der Waals surface area contributed by atoms with Gasteiger partial charge in [-0.25, -0.2) is 0 Å². The van der Waals surface area contributed by atoms with Gasteiger partial charge >= 0.3 is 0 Å². The van der Waals surface area contributed by atoms with Crippen molar-refractivity contribution in [2.75, 3.05) is 5.32 Å². The van der Waals surface area contributed by atoms with Crippen molar-refractivity contribution in [1.29, 1.82) is 0 Å². The second-order valence-electron chi connectivity index (χ2n) is 4.01. The van der Waals surface area contributed by atoms with E-state index in [-0.39, 0.29) is 5.69 Å². The molecular formula is C13H9Br2ClN2O2. The van der Waals surface area contributed by atoms with Gasteiger partial charge in [0.1, 0.15) is 0 Å². The number of anilines is 1. The fourth-order valence-corrected chi connectivity index (χ4v) is 2.61. The highest BCUT2D eigenvalue weighted by Gasteiger charge is 2.09. The fourth-order valence-electron chi connectivity index (χ4n) is 1.62. The molecule has 104 valence electrons. The molecule has 1 N–H and O–H groups in total. The van der Waals surface area contributed by atoms with Crippen LogP contribution in [-0.2, 0) is 6.54 Å². The number of rotatable bonds is 4. The van der Waals surface area contributed by atoms with Crippen LogP contribution >= 0.6 is 43.5 Å². The Kier molecular flexibility index (Phi) is 5.01. The first-order chi connectivity index (χ1) is 9.47. The Labute approximate surface area is 137 Å². The summed E-state index contributed by atoms with van der Waals surface area (Å²) in [4.78, 5) is 10.2. The van der Waals surface area contributed by atoms with E-state index < -0.39 is 4.92 Å². The molecule has 0 fully saturated rings. The Morgan fingerprint density at radius 3 is 2.60 bits per heavy atom. The van der Waals surface area contributed by atoms with Gasteiger partial charge in [-0.2, -0.15) is 0 Å². The number of nitro groups is 1.